The molecular formula is C20H25BN2O3. The standard InChI is InChI=1S/C20H25BN2O3/c1-18(2,3)17-22-11-15-16(23-17)13-10-12(8-9-14(13)24-15)21-25-19(4,5)20(6,7)26-21/h8-11H,1-7H3. The van der Waals surface area contributed by atoms with E-state index >= 15 is 0 Å². The summed E-state index contributed by atoms with van der Waals surface area (Å²) < 4.78 is 18.3. The van der Waals surface area contributed by atoms with Crippen LogP contribution in [0.25, 0.3) is 22.1 Å². The molecule has 0 bridgehead atoms. The van der Waals surface area contributed by atoms with Gasteiger partial charge in [0.15, 0.2) is 5.58 Å². The molecule has 1 saturated heterocycles. The summed E-state index contributed by atoms with van der Waals surface area (Å²) in [5.74, 6) is 0.800. The quantitative estimate of drug-likeness (QED) is 0.620. The molecule has 0 aliphatic carbocycles. The lowest BCUT2D eigenvalue weighted by atomic mass is 9.78. The van der Waals surface area contributed by atoms with Crippen LogP contribution in [0.3, 0.4) is 0 Å². The predicted octanol–water partition coefficient (Wildman–Crippen LogP) is 3.97. The number of nitrogens with zero attached hydrogens (tertiary/aromatic N) is 2. The number of hydrogen-bond donors (Lipinski definition) is 0. The molecule has 5 nitrogen and oxygen atoms in total. The zero-order valence-corrected chi connectivity index (χ0v) is 16.5. The number of fused-ring (bicyclic) bond motifs is 3. The maximum atomic E-state index is 6.18. The highest BCUT2D eigenvalue weighted by Gasteiger charge is 2.51. The average Bonchev–Trinajstić information content (AvgIpc) is 2.99. The summed E-state index contributed by atoms with van der Waals surface area (Å²) in [6.07, 6.45) is 1.76. The Hall–Kier alpha value is -1.92. The van der Waals surface area contributed by atoms with E-state index in [1.165, 1.54) is 0 Å². The van der Waals surface area contributed by atoms with Crippen LogP contribution in [0.15, 0.2) is 28.8 Å². The molecule has 1 aromatic carbocycles. The highest BCUT2D eigenvalue weighted by molar-refractivity contribution is 6.62. The van der Waals surface area contributed by atoms with Gasteiger partial charge in [-0.3, -0.25) is 0 Å². The molecule has 1 fully saturated rings. The van der Waals surface area contributed by atoms with Crippen LogP contribution < -0.4 is 5.46 Å². The van der Waals surface area contributed by atoms with E-state index in [2.05, 4.69) is 59.5 Å². The molecule has 1 aliphatic heterocycles. The minimum atomic E-state index is -0.404. The molecule has 0 N–H and O–H groups in total. The Bertz CT molecular complexity index is 985. The summed E-state index contributed by atoms with van der Waals surface area (Å²) in [5, 5.41) is 0.958. The fourth-order valence-electron chi connectivity index (χ4n) is 3.07. The first kappa shape index (κ1) is 17.5. The number of rotatable bonds is 1. The Morgan fingerprint density at radius 1 is 0.962 bits per heavy atom. The van der Waals surface area contributed by atoms with E-state index in [1.54, 1.807) is 6.20 Å². The summed E-state index contributed by atoms with van der Waals surface area (Å²) in [5.41, 5.74) is 2.42. The predicted molar refractivity (Wildman–Crippen MR) is 104 cm³/mol. The van der Waals surface area contributed by atoms with Crippen LogP contribution >= 0.6 is 0 Å². The topological polar surface area (TPSA) is 57.4 Å². The third-order valence-electron chi connectivity index (χ3n) is 5.43. The monoisotopic (exact) mass is 352 g/mol. The largest absolute Gasteiger partial charge is 0.494 e. The van der Waals surface area contributed by atoms with Gasteiger partial charge in [0.1, 0.15) is 16.9 Å². The Kier molecular flexibility index (Phi) is 3.57. The Balaban J connectivity index is 1.83. The SMILES string of the molecule is CC(C)(C)c1ncc2oc3ccc(B4OC(C)(C)C(C)(C)O4)cc3c2n1. The first-order valence-corrected chi connectivity index (χ1v) is 9.03. The van der Waals surface area contributed by atoms with E-state index in [0.29, 0.717) is 5.58 Å². The second kappa shape index (κ2) is 5.30. The van der Waals surface area contributed by atoms with Gasteiger partial charge in [-0.2, -0.15) is 0 Å². The Morgan fingerprint density at radius 3 is 2.23 bits per heavy atom. The van der Waals surface area contributed by atoms with E-state index in [-0.39, 0.29) is 16.6 Å². The van der Waals surface area contributed by atoms with Gasteiger partial charge in [-0.15, -0.1) is 0 Å². The van der Waals surface area contributed by atoms with Crippen LogP contribution in [-0.4, -0.2) is 28.3 Å². The molecular weight excluding hydrogens is 327 g/mol. The molecule has 0 radical (unpaired) electrons. The molecule has 0 atom stereocenters. The second-order valence-electron chi connectivity index (χ2n) is 9.10. The molecule has 0 saturated carbocycles. The van der Waals surface area contributed by atoms with E-state index in [0.717, 1.165) is 27.8 Å². The molecule has 3 heterocycles. The summed E-state index contributed by atoms with van der Waals surface area (Å²) in [7, 11) is -0.404. The maximum absolute atomic E-state index is 6.18. The normalized spacial score (nSPS) is 19.6. The molecule has 4 rings (SSSR count). The van der Waals surface area contributed by atoms with E-state index < -0.39 is 7.12 Å². The van der Waals surface area contributed by atoms with Crippen molar-refractivity contribution in [2.45, 2.75) is 65.1 Å². The highest BCUT2D eigenvalue weighted by atomic mass is 16.7. The minimum absolute atomic E-state index is 0.124. The van der Waals surface area contributed by atoms with Crippen molar-refractivity contribution in [2.24, 2.45) is 0 Å². The van der Waals surface area contributed by atoms with E-state index in [4.69, 9.17) is 18.7 Å². The Labute approximate surface area is 154 Å². The number of hydrogen-bond acceptors (Lipinski definition) is 5. The van der Waals surface area contributed by atoms with Crippen molar-refractivity contribution in [1.82, 2.24) is 9.97 Å². The number of furan rings is 1. The van der Waals surface area contributed by atoms with Crippen LogP contribution in [0.2, 0.25) is 0 Å². The zero-order chi connectivity index (χ0) is 18.9. The lowest BCUT2D eigenvalue weighted by molar-refractivity contribution is 0.00578. The van der Waals surface area contributed by atoms with Crippen LogP contribution in [-0.2, 0) is 14.7 Å². The molecule has 2 aromatic heterocycles. The van der Waals surface area contributed by atoms with Gasteiger partial charge in [0, 0.05) is 10.8 Å². The van der Waals surface area contributed by atoms with Gasteiger partial charge in [0.2, 0.25) is 0 Å². The molecule has 26 heavy (non-hydrogen) atoms. The molecule has 0 amide bonds. The van der Waals surface area contributed by atoms with Gasteiger partial charge >= 0.3 is 7.12 Å². The average molecular weight is 352 g/mol. The van der Waals surface area contributed by atoms with E-state index in [9.17, 15) is 0 Å². The van der Waals surface area contributed by atoms with Gasteiger partial charge in [0.25, 0.3) is 0 Å². The molecule has 136 valence electrons. The second-order valence-corrected chi connectivity index (χ2v) is 9.10. The highest BCUT2D eigenvalue weighted by Crippen LogP contribution is 2.37. The van der Waals surface area contributed by atoms with Crippen LogP contribution in [0.1, 0.15) is 54.3 Å². The third kappa shape index (κ3) is 2.63. The molecule has 0 unspecified atom stereocenters. The van der Waals surface area contributed by atoms with Crippen molar-refractivity contribution < 1.29 is 13.7 Å². The van der Waals surface area contributed by atoms with Crippen molar-refractivity contribution in [3.05, 3.63) is 30.2 Å². The molecule has 6 heteroatoms. The van der Waals surface area contributed by atoms with Gasteiger partial charge < -0.3 is 13.7 Å². The first-order valence-electron chi connectivity index (χ1n) is 9.03. The van der Waals surface area contributed by atoms with Crippen molar-refractivity contribution >= 4 is 34.7 Å². The van der Waals surface area contributed by atoms with Crippen molar-refractivity contribution in [2.75, 3.05) is 0 Å². The Morgan fingerprint density at radius 2 is 1.62 bits per heavy atom. The fraction of sp³-hybridized carbons (Fsp3) is 0.500. The third-order valence-corrected chi connectivity index (χ3v) is 5.43. The first-order chi connectivity index (χ1) is 12.0. The van der Waals surface area contributed by atoms with Crippen molar-refractivity contribution in [3.8, 4) is 0 Å². The van der Waals surface area contributed by atoms with Gasteiger partial charge in [-0.1, -0.05) is 26.8 Å². The van der Waals surface area contributed by atoms with E-state index in [1.807, 2.05) is 12.1 Å². The van der Waals surface area contributed by atoms with Gasteiger partial charge in [-0.05, 0) is 45.3 Å². The van der Waals surface area contributed by atoms with Gasteiger partial charge in [0.05, 0.1) is 17.4 Å². The molecule has 0 spiro atoms. The summed E-state index contributed by atoms with van der Waals surface area (Å²) in [4.78, 5) is 9.23. The summed E-state index contributed by atoms with van der Waals surface area (Å²) in [6, 6.07) is 6.00. The zero-order valence-electron chi connectivity index (χ0n) is 16.5. The lowest BCUT2D eigenvalue weighted by Gasteiger charge is -2.32. The smallest absolute Gasteiger partial charge is 0.453 e. The van der Waals surface area contributed by atoms with Crippen LogP contribution in [0.4, 0.5) is 0 Å². The maximum Gasteiger partial charge on any atom is 0.494 e. The van der Waals surface area contributed by atoms with Crippen molar-refractivity contribution in [1.29, 1.82) is 0 Å². The lowest BCUT2D eigenvalue weighted by Crippen LogP contribution is -2.41. The molecule has 3 aromatic rings. The van der Waals surface area contributed by atoms with Crippen LogP contribution in [0.5, 0.6) is 0 Å². The van der Waals surface area contributed by atoms with Crippen molar-refractivity contribution in [3.63, 3.8) is 0 Å². The van der Waals surface area contributed by atoms with Crippen LogP contribution in [0, 0.1) is 0 Å². The number of aromatic nitrogens is 2. The number of benzene rings is 1. The van der Waals surface area contributed by atoms with Gasteiger partial charge in [-0.25, -0.2) is 9.97 Å². The summed E-state index contributed by atoms with van der Waals surface area (Å²) in [6.45, 7) is 14.5. The molecule has 1 aliphatic rings. The minimum Gasteiger partial charge on any atom is -0.453 e. The fourth-order valence-corrected chi connectivity index (χ4v) is 3.07. The summed E-state index contributed by atoms with van der Waals surface area (Å²) >= 11 is 0.